The largest absolute Gasteiger partial charge is 0.444 e. The summed E-state index contributed by atoms with van der Waals surface area (Å²) in [6, 6.07) is 0. The number of amides is 1. The molecule has 1 spiro atoms. The van der Waals surface area contributed by atoms with Gasteiger partial charge in [-0.05, 0) is 40.5 Å². The van der Waals surface area contributed by atoms with Gasteiger partial charge in [-0.25, -0.2) is 4.79 Å². The lowest BCUT2D eigenvalue weighted by Gasteiger charge is -2.35. The maximum atomic E-state index is 12.2. The number of nitrogens with one attached hydrogen (secondary N) is 1. The van der Waals surface area contributed by atoms with Crippen LogP contribution in [0.3, 0.4) is 0 Å². The summed E-state index contributed by atoms with van der Waals surface area (Å²) in [6.45, 7) is 17.5. The molecule has 3 rings (SSSR count). The van der Waals surface area contributed by atoms with Crippen molar-refractivity contribution in [1.29, 1.82) is 0 Å². The molecule has 0 bridgehead atoms. The number of aliphatic imine (C=N–C) groups is 1. The number of rotatable bonds is 4. The van der Waals surface area contributed by atoms with Crippen molar-refractivity contribution in [2.24, 2.45) is 10.4 Å². The van der Waals surface area contributed by atoms with E-state index in [2.05, 4.69) is 22.0 Å². The van der Waals surface area contributed by atoms with Crippen molar-refractivity contribution in [3.8, 4) is 0 Å². The molecule has 0 aromatic rings. The van der Waals surface area contributed by atoms with Crippen molar-refractivity contribution >= 4 is 36.0 Å². The van der Waals surface area contributed by atoms with Crippen molar-refractivity contribution in [2.75, 3.05) is 72.1 Å². The fourth-order valence-electron chi connectivity index (χ4n) is 4.29. The van der Waals surface area contributed by atoms with Gasteiger partial charge in [0.05, 0.1) is 13.2 Å². The van der Waals surface area contributed by atoms with Gasteiger partial charge in [0, 0.05) is 64.4 Å². The van der Waals surface area contributed by atoms with E-state index in [4.69, 9.17) is 14.5 Å². The van der Waals surface area contributed by atoms with Crippen molar-refractivity contribution in [3.05, 3.63) is 0 Å². The zero-order valence-corrected chi connectivity index (χ0v) is 21.4. The number of halogens is 1. The number of carbonyl (C=O) groups excluding carboxylic acids is 1. The van der Waals surface area contributed by atoms with E-state index in [1.165, 1.54) is 12.8 Å². The highest BCUT2D eigenvalue weighted by atomic mass is 127. The number of piperazine rings is 1. The Balaban J connectivity index is 0.00000320. The summed E-state index contributed by atoms with van der Waals surface area (Å²) >= 11 is 0. The minimum Gasteiger partial charge on any atom is -0.444 e. The van der Waals surface area contributed by atoms with E-state index < -0.39 is 5.60 Å². The van der Waals surface area contributed by atoms with Gasteiger partial charge in [-0.2, -0.15) is 0 Å². The van der Waals surface area contributed by atoms with Gasteiger partial charge in [-0.3, -0.25) is 9.89 Å². The predicted octanol–water partition coefficient (Wildman–Crippen LogP) is 2.23. The summed E-state index contributed by atoms with van der Waals surface area (Å²) in [5.41, 5.74) is -0.0986. The van der Waals surface area contributed by atoms with E-state index in [0.29, 0.717) is 18.5 Å². The van der Waals surface area contributed by atoms with Crippen LogP contribution in [-0.2, 0) is 9.47 Å². The Morgan fingerprint density at radius 3 is 2.47 bits per heavy atom. The first-order valence-electron chi connectivity index (χ1n) is 11.1. The van der Waals surface area contributed by atoms with E-state index in [-0.39, 0.29) is 30.1 Å². The fourth-order valence-corrected chi connectivity index (χ4v) is 4.29. The van der Waals surface area contributed by atoms with E-state index in [0.717, 1.165) is 65.0 Å². The molecule has 0 aromatic heterocycles. The molecule has 174 valence electrons. The standard InChI is InChI=1S/C21H39N5O3.HI/c1-5-22-18(26-9-6-21(16-26)7-15-28-17-21)23-8-10-24-11-13-25(14-12-24)19(27)29-20(2,3)4;/h5-17H2,1-4H3,(H,22,23);1H. The first kappa shape index (κ1) is 25.5. The Bertz CT molecular complexity index is 582. The van der Waals surface area contributed by atoms with Gasteiger partial charge in [0.1, 0.15) is 5.60 Å². The van der Waals surface area contributed by atoms with Crippen molar-refractivity contribution in [3.63, 3.8) is 0 Å². The lowest BCUT2D eigenvalue weighted by atomic mass is 9.87. The smallest absolute Gasteiger partial charge is 0.410 e. The van der Waals surface area contributed by atoms with Crippen LogP contribution in [0.1, 0.15) is 40.5 Å². The second-order valence-electron chi connectivity index (χ2n) is 9.52. The van der Waals surface area contributed by atoms with Crippen LogP contribution in [-0.4, -0.2) is 104 Å². The van der Waals surface area contributed by atoms with Crippen LogP contribution < -0.4 is 5.32 Å². The number of hydrogen-bond donors (Lipinski definition) is 1. The molecule has 3 fully saturated rings. The minimum absolute atomic E-state index is 0. The van der Waals surface area contributed by atoms with Crippen molar-refractivity contribution < 1.29 is 14.3 Å². The molecule has 1 atom stereocenters. The van der Waals surface area contributed by atoms with E-state index in [1.54, 1.807) is 0 Å². The number of hydrogen-bond acceptors (Lipinski definition) is 5. The van der Waals surface area contributed by atoms with Gasteiger partial charge >= 0.3 is 6.09 Å². The summed E-state index contributed by atoms with van der Waals surface area (Å²) in [7, 11) is 0. The zero-order valence-electron chi connectivity index (χ0n) is 19.1. The first-order valence-corrected chi connectivity index (χ1v) is 11.1. The van der Waals surface area contributed by atoms with Crippen LogP contribution in [0.4, 0.5) is 4.79 Å². The summed E-state index contributed by atoms with van der Waals surface area (Å²) in [5, 5.41) is 3.46. The van der Waals surface area contributed by atoms with Crippen LogP contribution in [0, 0.1) is 5.41 Å². The summed E-state index contributed by atoms with van der Waals surface area (Å²) in [4.78, 5) is 23.7. The first-order chi connectivity index (χ1) is 13.8. The Morgan fingerprint density at radius 2 is 1.87 bits per heavy atom. The van der Waals surface area contributed by atoms with Gasteiger partial charge in [0.15, 0.2) is 5.96 Å². The Labute approximate surface area is 198 Å². The zero-order chi connectivity index (χ0) is 20.9. The SMILES string of the molecule is CCNC(=NCCN1CCN(C(=O)OC(C)(C)C)CC1)N1CCC2(CCOC2)C1.I. The van der Waals surface area contributed by atoms with Crippen molar-refractivity contribution in [1.82, 2.24) is 20.0 Å². The van der Waals surface area contributed by atoms with Crippen LogP contribution in [0.25, 0.3) is 0 Å². The Kier molecular flexibility index (Phi) is 9.48. The Hall–Kier alpha value is -0.810. The number of ether oxygens (including phenoxy) is 2. The topological polar surface area (TPSA) is 69.6 Å². The number of nitrogens with zero attached hydrogens (tertiary/aromatic N) is 4. The quantitative estimate of drug-likeness (QED) is 0.337. The second-order valence-corrected chi connectivity index (χ2v) is 9.52. The van der Waals surface area contributed by atoms with Gasteiger partial charge in [0.2, 0.25) is 0 Å². The predicted molar refractivity (Wildman–Crippen MR) is 130 cm³/mol. The lowest BCUT2D eigenvalue weighted by molar-refractivity contribution is 0.0148. The molecule has 3 aliphatic heterocycles. The second kappa shape index (κ2) is 11.2. The van der Waals surface area contributed by atoms with Crippen molar-refractivity contribution in [2.45, 2.75) is 46.1 Å². The maximum Gasteiger partial charge on any atom is 0.410 e. The van der Waals surface area contributed by atoms with Gasteiger partial charge < -0.3 is 24.6 Å². The number of likely N-dealkylation sites (tertiary alicyclic amines) is 1. The monoisotopic (exact) mass is 537 g/mol. The molecule has 1 amide bonds. The molecule has 3 heterocycles. The third kappa shape index (κ3) is 7.12. The Morgan fingerprint density at radius 1 is 1.13 bits per heavy atom. The molecule has 1 N–H and O–H groups in total. The van der Waals surface area contributed by atoms with Crippen LogP contribution in [0.5, 0.6) is 0 Å². The highest BCUT2D eigenvalue weighted by Crippen LogP contribution is 2.38. The molecule has 30 heavy (non-hydrogen) atoms. The third-order valence-corrected chi connectivity index (χ3v) is 5.96. The molecule has 8 nitrogen and oxygen atoms in total. The highest BCUT2D eigenvalue weighted by molar-refractivity contribution is 14.0. The summed E-state index contributed by atoms with van der Waals surface area (Å²) in [5.74, 6) is 1.03. The van der Waals surface area contributed by atoms with Gasteiger partial charge in [-0.15, -0.1) is 24.0 Å². The molecule has 1 unspecified atom stereocenters. The average molecular weight is 537 g/mol. The summed E-state index contributed by atoms with van der Waals surface area (Å²) in [6.07, 6.45) is 2.16. The molecule has 3 saturated heterocycles. The van der Waals surface area contributed by atoms with Crippen LogP contribution in [0.15, 0.2) is 4.99 Å². The lowest BCUT2D eigenvalue weighted by Crippen LogP contribution is -2.50. The molecule has 0 aliphatic carbocycles. The van der Waals surface area contributed by atoms with Crippen LogP contribution >= 0.6 is 24.0 Å². The minimum atomic E-state index is -0.440. The van der Waals surface area contributed by atoms with E-state index in [1.807, 2.05) is 25.7 Å². The van der Waals surface area contributed by atoms with E-state index in [9.17, 15) is 4.79 Å². The van der Waals surface area contributed by atoms with Gasteiger partial charge in [-0.1, -0.05) is 0 Å². The molecule has 9 heteroatoms. The molecule has 0 aromatic carbocycles. The van der Waals surface area contributed by atoms with E-state index >= 15 is 0 Å². The fraction of sp³-hybridized carbons (Fsp3) is 0.905. The average Bonchev–Trinajstić information content (AvgIpc) is 3.30. The maximum absolute atomic E-state index is 12.2. The third-order valence-electron chi connectivity index (χ3n) is 5.96. The molecule has 0 radical (unpaired) electrons. The molecule has 0 saturated carbocycles. The number of carbonyl (C=O) groups is 1. The summed E-state index contributed by atoms with van der Waals surface area (Å²) < 4.78 is 11.1. The molecule has 3 aliphatic rings. The van der Waals surface area contributed by atoms with Crippen LogP contribution in [0.2, 0.25) is 0 Å². The number of guanidine groups is 1. The molecular formula is C21H40IN5O3. The molecular weight excluding hydrogens is 497 g/mol. The highest BCUT2D eigenvalue weighted by Gasteiger charge is 2.42. The normalized spacial score (nSPS) is 25.5. The van der Waals surface area contributed by atoms with Gasteiger partial charge in [0.25, 0.3) is 0 Å².